The van der Waals surface area contributed by atoms with Crippen molar-refractivity contribution >= 4 is 11.9 Å². The Hall–Kier alpha value is -2.69. The van der Waals surface area contributed by atoms with Crippen molar-refractivity contribution in [2.75, 3.05) is 13.1 Å². The van der Waals surface area contributed by atoms with E-state index >= 15 is 0 Å². The maximum Gasteiger partial charge on any atom is 0.358 e. The quantitative estimate of drug-likeness (QED) is 0.815. The lowest BCUT2D eigenvalue weighted by Gasteiger charge is -2.23. The van der Waals surface area contributed by atoms with Crippen LogP contribution in [0.3, 0.4) is 0 Å². The zero-order valence-corrected chi connectivity index (χ0v) is 12.7. The lowest BCUT2D eigenvalue weighted by Crippen LogP contribution is -2.35. The molecular formula is C18H18N2O3. The van der Waals surface area contributed by atoms with Crippen molar-refractivity contribution in [3.63, 3.8) is 0 Å². The van der Waals surface area contributed by atoms with Crippen LogP contribution in [0, 0.1) is 0 Å². The Morgan fingerprint density at radius 2 is 1.70 bits per heavy atom. The summed E-state index contributed by atoms with van der Waals surface area (Å²) in [5, 5.41) is 0. The summed E-state index contributed by atoms with van der Waals surface area (Å²) in [6, 6.07) is 14.1. The third-order valence-corrected chi connectivity index (χ3v) is 3.84. The lowest BCUT2D eigenvalue weighted by molar-refractivity contribution is -0.140. The fourth-order valence-electron chi connectivity index (χ4n) is 2.64. The molecule has 0 saturated carbocycles. The van der Waals surface area contributed by atoms with Gasteiger partial charge in [-0.25, -0.2) is 9.78 Å². The van der Waals surface area contributed by atoms with Crippen LogP contribution >= 0.6 is 0 Å². The highest BCUT2D eigenvalue weighted by molar-refractivity contribution is 5.91. The van der Waals surface area contributed by atoms with E-state index in [2.05, 4.69) is 4.98 Å². The zero-order chi connectivity index (χ0) is 16.1. The number of carbonyl (C=O) groups is 2. The predicted molar refractivity (Wildman–Crippen MR) is 84.6 cm³/mol. The van der Waals surface area contributed by atoms with Crippen molar-refractivity contribution in [1.29, 1.82) is 0 Å². The summed E-state index contributed by atoms with van der Waals surface area (Å²) in [4.78, 5) is 30.8. The number of aromatic nitrogens is 1. The first kappa shape index (κ1) is 15.2. The van der Waals surface area contributed by atoms with Gasteiger partial charge in [-0.2, -0.15) is 0 Å². The zero-order valence-electron chi connectivity index (χ0n) is 12.7. The van der Waals surface area contributed by atoms with Gasteiger partial charge in [0, 0.05) is 24.8 Å². The molecule has 1 amide bonds. The Kier molecular flexibility index (Phi) is 4.66. The fraction of sp³-hybridized carbons (Fsp3) is 0.278. The van der Waals surface area contributed by atoms with E-state index in [0.29, 0.717) is 18.7 Å². The molecule has 0 spiro atoms. The van der Waals surface area contributed by atoms with Crippen molar-refractivity contribution in [1.82, 2.24) is 9.88 Å². The van der Waals surface area contributed by atoms with Crippen molar-refractivity contribution in [2.45, 2.75) is 18.9 Å². The summed E-state index contributed by atoms with van der Waals surface area (Å²) in [6.45, 7) is 1.42. The summed E-state index contributed by atoms with van der Waals surface area (Å²) >= 11 is 0. The number of carbonyl (C=O) groups excluding carboxylic acids is 2. The van der Waals surface area contributed by atoms with Crippen LogP contribution < -0.4 is 0 Å². The van der Waals surface area contributed by atoms with Gasteiger partial charge in [-0.3, -0.25) is 4.79 Å². The Morgan fingerprint density at radius 3 is 2.35 bits per heavy atom. The van der Waals surface area contributed by atoms with E-state index < -0.39 is 12.1 Å². The molecule has 1 aliphatic heterocycles. The minimum atomic E-state index is -0.927. The lowest BCUT2D eigenvalue weighted by atomic mass is 10.1. The van der Waals surface area contributed by atoms with Crippen LogP contribution in [0.2, 0.25) is 0 Å². The van der Waals surface area contributed by atoms with E-state index in [0.717, 1.165) is 12.8 Å². The number of hydrogen-bond donors (Lipinski definition) is 0. The molecule has 0 radical (unpaired) electrons. The van der Waals surface area contributed by atoms with E-state index in [9.17, 15) is 9.59 Å². The largest absolute Gasteiger partial charge is 0.443 e. The van der Waals surface area contributed by atoms with Gasteiger partial charge in [0.1, 0.15) is 5.69 Å². The fourth-order valence-corrected chi connectivity index (χ4v) is 2.64. The minimum absolute atomic E-state index is 0.169. The number of amides is 1. The molecule has 0 bridgehead atoms. The molecule has 2 aromatic rings. The summed E-state index contributed by atoms with van der Waals surface area (Å²) in [7, 11) is 0. The molecule has 118 valence electrons. The molecular weight excluding hydrogens is 292 g/mol. The highest BCUT2D eigenvalue weighted by Crippen LogP contribution is 2.23. The van der Waals surface area contributed by atoms with Gasteiger partial charge in [-0.05, 0) is 25.0 Å². The van der Waals surface area contributed by atoms with Gasteiger partial charge in [-0.15, -0.1) is 0 Å². The molecule has 1 aromatic carbocycles. The molecule has 23 heavy (non-hydrogen) atoms. The molecule has 1 fully saturated rings. The first-order chi connectivity index (χ1) is 11.3. The first-order valence-electron chi connectivity index (χ1n) is 7.71. The van der Waals surface area contributed by atoms with Gasteiger partial charge in [0.15, 0.2) is 0 Å². The van der Waals surface area contributed by atoms with E-state index in [4.69, 9.17) is 4.74 Å². The molecule has 0 unspecified atom stereocenters. The molecule has 0 aliphatic carbocycles. The number of rotatable bonds is 4. The SMILES string of the molecule is O=C(O[C@@H](C(=O)N1CCCC1)c1ccccc1)c1ccccn1. The highest BCUT2D eigenvalue weighted by Gasteiger charge is 2.31. The van der Waals surface area contributed by atoms with Crippen molar-refractivity contribution < 1.29 is 14.3 Å². The van der Waals surface area contributed by atoms with Gasteiger partial charge in [-0.1, -0.05) is 36.4 Å². The van der Waals surface area contributed by atoms with Crippen LogP contribution in [-0.2, 0) is 9.53 Å². The van der Waals surface area contributed by atoms with Crippen LogP contribution in [0.4, 0.5) is 0 Å². The number of hydrogen-bond acceptors (Lipinski definition) is 4. The van der Waals surface area contributed by atoms with Crippen LogP contribution in [0.15, 0.2) is 54.7 Å². The molecule has 5 heteroatoms. The van der Waals surface area contributed by atoms with E-state index in [1.807, 2.05) is 18.2 Å². The Morgan fingerprint density at radius 1 is 1.00 bits per heavy atom. The van der Waals surface area contributed by atoms with E-state index in [1.165, 1.54) is 6.20 Å². The van der Waals surface area contributed by atoms with Crippen LogP contribution in [-0.4, -0.2) is 34.8 Å². The Balaban J connectivity index is 1.83. The van der Waals surface area contributed by atoms with Crippen molar-refractivity contribution in [3.05, 3.63) is 66.0 Å². The van der Waals surface area contributed by atoms with Gasteiger partial charge in [0.25, 0.3) is 5.91 Å². The summed E-state index contributed by atoms with van der Waals surface area (Å²) in [5.41, 5.74) is 0.872. The topological polar surface area (TPSA) is 59.5 Å². The monoisotopic (exact) mass is 310 g/mol. The second-order valence-corrected chi connectivity index (χ2v) is 5.44. The summed E-state index contributed by atoms with van der Waals surface area (Å²) in [6.07, 6.45) is 2.57. The minimum Gasteiger partial charge on any atom is -0.443 e. The summed E-state index contributed by atoms with van der Waals surface area (Å²) in [5.74, 6) is -0.759. The van der Waals surface area contributed by atoms with Gasteiger partial charge in [0.2, 0.25) is 6.10 Å². The van der Waals surface area contributed by atoms with Gasteiger partial charge < -0.3 is 9.64 Å². The third-order valence-electron chi connectivity index (χ3n) is 3.84. The van der Waals surface area contributed by atoms with Gasteiger partial charge >= 0.3 is 5.97 Å². The molecule has 1 aromatic heterocycles. The highest BCUT2D eigenvalue weighted by atomic mass is 16.5. The maximum absolute atomic E-state index is 12.7. The van der Waals surface area contributed by atoms with Gasteiger partial charge in [0.05, 0.1) is 0 Å². The van der Waals surface area contributed by atoms with Crippen molar-refractivity contribution in [3.8, 4) is 0 Å². The molecule has 0 N–H and O–H groups in total. The normalized spacial score (nSPS) is 15.2. The third kappa shape index (κ3) is 3.56. The average Bonchev–Trinajstić information content (AvgIpc) is 3.15. The maximum atomic E-state index is 12.7. The number of nitrogens with zero attached hydrogens (tertiary/aromatic N) is 2. The number of pyridine rings is 1. The number of likely N-dealkylation sites (tertiary alicyclic amines) is 1. The summed E-state index contributed by atoms with van der Waals surface area (Å²) < 4.78 is 5.50. The van der Waals surface area contributed by atoms with Crippen LogP contribution in [0.25, 0.3) is 0 Å². The predicted octanol–water partition coefficient (Wildman–Crippen LogP) is 2.60. The molecule has 1 atom stereocenters. The first-order valence-corrected chi connectivity index (χ1v) is 7.71. The standard InChI is InChI=1S/C18H18N2O3/c21-17(20-12-6-7-13-20)16(14-8-2-1-3-9-14)23-18(22)15-10-4-5-11-19-15/h1-5,8-11,16H,6-7,12-13H2/t16-/m1/s1. The molecule has 1 aliphatic rings. The number of ether oxygens (including phenoxy) is 1. The number of esters is 1. The molecule has 2 heterocycles. The smallest absolute Gasteiger partial charge is 0.358 e. The average molecular weight is 310 g/mol. The van der Waals surface area contributed by atoms with Crippen molar-refractivity contribution in [2.24, 2.45) is 0 Å². The molecule has 3 rings (SSSR count). The van der Waals surface area contributed by atoms with E-state index in [-0.39, 0.29) is 11.6 Å². The second-order valence-electron chi connectivity index (χ2n) is 5.44. The molecule has 1 saturated heterocycles. The van der Waals surface area contributed by atoms with Crippen LogP contribution in [0.5, 0.6) is 0 Å². The van der Waals surface area contributed by atoms with Crippen LogP contribution in [0.1, 0.15) is 35.0 Å². The molecule has 5 nitrogen and oxygen atoms in total. The Bertz CT molecular complexity index is 667. The Labute approximate surface area is 134 Å². The second kappa shape index (κ2) is 7.05. The number of benzene rings is 1. The van der Waals surface area contributed by atoms with E-state index in [1.54, 1.807) is 35.2 Å².